The zero-order valence-corrected chi connectivity index (χ0v) is 14.8. The molecule has 0 bridgehead atoms. The van der Waals surface area contributed by atoms with Crippen LogP contribution in [0.4, 0.5) is 0 Å². The number of morpholine rings is 1. The number of rotatable bonds is 6. The Balaban J connectivity index is 1.36. The lowest BCUT2D eigenvalue weighted by Crippen LogP contribution is -2.60. The molecule has 4 rings (SSSR count). The molecular formula is C19H26N4O2. The molecule has 2 aromatic rings. The molecule has 0 amide bonds. The number of nitrogens with zero attached hydrogens (tertiary/aromatic N) is 4. The van der Waals surface area contributed by atoms with Crippen LogP contribution in [0.3, 0.4) is 0 Å². The highest BCUT2D eigenvalue weighted by molar-refractivity contribution is 5.37. The summed E-state index contributed by atoms with van der Waals surface area (Å²) >= 11 is 0. The number of likely N-dealkylation sites (tertiary alicyclic amines) is 1. The summed E-state index contributed by atoms with van der Waals surface area (Å²) in [7, 11) is 1.73. The molecule has 0 unspecified atom stereocenters. The fourth-order valence-electron chi connectivity index (χ4n) is 3.73. The van der Waals surface area contributed by atoms with Crippen molar-refractivity contribution in [3.63, 3.8) is 0 Å². The minimum Gasteiger partial charge on any atom is -0.496 e. The first-order chi connectivity index (χ1) is 12.3. The van der Waals surface area contributed by atoms with E-state index in [9.17, 15) is 0 Å². The highest BCUT2D eigenvalue weighted by atomic mass is 16.5. The summed E-state index contributed by atoms with van der Waals surface area (Å²) in [5.41, 5.74) is 2.51. The van der Waals surface area contributed by atoms with E-state index in [4.69, 9.17) is 9.47 Å². The highest BCUT2D eigenvalue weighted by Crippen LogP contribution is 2.24. The van der Waals surface area contributed by atoms with Gasteiger partial charge < -0.3 is 9.47 Å². The van der Waals surface area contributed by atoms with Crippen molar-refractivity contribution in [2.75, 3.05) is 46.5 Å². The van der Waals surface area contributed by atoms with Crippen LogP contribution in [0.15, 0.2) is 36.7 Å². The third kappa shape index (κ3) is 3.86. The Morgan fingerprint density at radius 1 is 1.20 bits per heavy atom. The third-order valence-corrected chi connectivity index (χ3v) is 5.14. The minimum atomic E-state index is 0.700. The van der Waals surface area contributed by atoms with E-state index in [0.29, 0.717) is 6.04 Å². The Labute approximate surface area is 148 Å². The van der Waals surface area contributed by atoms with Crippen molar-refractivity contribution in [2.45, 2.75) is 19.1 Å². The number of hydrogen-bond acceptors (Lipinski definition) is 5. The predicted molar refractivity (Wildman–Crippen MR) is 95.8 cm³/mol. The van der Waals surface area contributed by atoms with Gasteiger partial charge in [-0.25, -0.2) is 0 Å². The van der Waals surface area contributed by atoms with Gasteiger partial charge in [-0.2, -0.15) is 5.10 Å². The molecule has 6 heteroatoms. The van der Waals surface area contributed by atoms with Gasteiger partial charge in [0.2, 0.25) is 0 Å². The van der Waals surface area contributed by atoms with Gasteiger partial charge in [0.1, 0.15) is 5.75 Å². The molecule has 0 spiro atoms. The van der Waals surface area contributed by atoms with E-state index in [1.54, 1.807) is 7.11 Å². The first kappa shape index (κ1) is 16.6. The van der Waals surface area contributed by atoms with Crippen LogP contribution in [0.2, 0.25) is 0 Å². The van der Waals surface area contributed by atoms with Gasteiger partial charge in [0.15, 0.2) is 0 Å². The molecule has 2 fully saturated rings. The van der Waals surface area contributed by atoms with E-state index < -0.39 is 0 Å². The summed E-state index contributed by atoms with van der Waals surface area (Å²) < 4.78 is 12.9. The summed E-state index contributed by atoms with van der Waals surface area (Å²) in [5, 5.41) is 4.30. The maximum Gasteiger partial charge on any atom is 0.123 e. The van der Waals surface area contributed by atoms with Crippen LogP contribution >= 0.6 is 0 Å². The van der Waals surface area contributed by atoms with Gasteiger partial charge in [0.25, 0.3) is 0 Å². The molecule has 134 valence electrons. The van der Waals surface area contributed by atoms with Gasteiger partial charge >= 0.3 is 0 Å². The number of aromatic nitrogens is 2. The lowest BCUT2D eigenvalue weighted by Gasteiger charge is -2.46. The Morgan fingerprint density at radius 2 is 2.04 bits per heavy atom. The van der Waals surface area contributed by atoms with E-state index in [-0.39, 0.29) is 0 Å². The quantitative estimate of drug-likeness (QED) is 0.795. The van der Waals surface area contributed by atoms with Crippen molar-refractivity contribution >= 4 is 0 Å². The van der Waals surface area contributed by atoms with Crippen LogP contribution in [-0.4, -0.2) is 72.1 Å². The molecule has 3 heterocycles. The Kier molecular flexibility index (Phi) is 5.01. The Morgan fingerprint density at radius 3 is 2.76 bits per heavy atom. The second-order valence-corrected chi connectivity index (χ2v) is 6.85. The number of methoxy groups -OCH3 is 1. The van der Waals surface area contributed by atoms with Crippen molar-refractivity contribution in [1.82, 2.24) is 19.6 Å². The zero-order chi connectivity index (χ0) is 17.1. The van der Waals surface area contributed by atoms with Gasteiger partial charge in [-0.1, -0.05) is 6.07 Å². The number of benzene rings is 1. The summed E-state index contributed by atoms with van der Waals surface area (Å²) in [6.07, 6.45) is 3.79. The van der Waals surface area contributed by atoms with Gasteiger partial charge in [-0.3, -0.25) is 14.5 Å². The van der Waals surface area contributed by atoms with Crippen LogP contribution in [0, 0.1) is 0 Å². The molecule has 0 radical (unpaired) electrons. The van der Waals surface area contributed by atoms with Crippen molar-refractivity contribution in [3.05, 3.63) is 47.8 Å². The van der Waals surface area contributed by atoms with Crippen molar-refractivity contribution in [1.29, 1.82) is 0 Å². The maximum absolute atomic E-state index is 5.52. The monoisotopic (exact) mass is 342 g/mol. The van der Waals surface area contributed by atoms with E-state index in [2.05, 4.69) is 33.1 Å². The molecule has 0 N–H and O–H groups in total. The Bertz CT molecular complexity index is 677. The standard InChI is InChI=1S/C19H26N4O2/c1-24-19-4-3-16(11-17(19)13-23-6-2-5-20-23)12-21-14-18(15-21)22-7-9-25-10-8-22/h2-6,11,18H,7-10,12-15H2,1H3. The van der Waals surface area contributed by atoms with Crippen molar-refractivity contribution in [3.8, 4) is 5.75 Å². The molecule has 0 aliphatic carbocycles. The maximum atomic E-state index is 5.52. The number of hydrogen-bond donors (Lipinski definition) is 0. The van der Waals surface area contributed by atoms with E-state index in [0.717, 1.165) is 58.2 Å². The van der Waals surface area contributed by atoms with Crippen LogP contribution < -0.4 is 4.74 Å². The van der Waals surface area contributed by atoms with Crippen LogP contribution in [-0.2, 0) is 17.8 Å². The van der Waals surface area contributed by atoms with Gasteiger partial charge in [-0.05, 0) is 23.8 Å². The molecule has 0 atom stereocenters. The molecule has 1 aromatic heterocycles. The second-order valence-electron chi connectivity index (χ2n) is 6.85. The van der Waals surface area contributed by atoms with Gasteiger partial charge in [0, 0.05) is 56.7 Å². The average molecular weight is 342 g/mol. The minimum absolute atomic E-state index is 0.700. The summed E-state index contributed by atoms with van der Waals surface area (Å²) in [6.45, 7) is 7.96. The molecule has 25 heavy (non-hydrogen) atoms. The van der Waals surface area contributed by atoms with Crippen molar-refractivity contribution < 1.29 is 9.47 Å². The highest BCUT2D eigenvalue weighted by Gasteiger charge is 2.32. The second kappa shape index (κ2) is 7.56. The first-order valence-corrected chi connectivity index (χ1v) is 8.99. The topological polar surface area (TPSA) is 42.8 Å². The zero-order valence-electron chi connectivity index (χ0n) is 14.8. The van der Waals surface area contributed by atoms with Crippen molar-refractivity contribution in [2.24, 2.45) is 0 Å². The first-order valence-electron chi connectivity index (χ1n) is 8.99. The Hall–Kier alpha value is -1.89. The van der Waals surface area contributed by atoms with Crippen LogP contribution in [0.25, 0.3) is 0 Å². The SMILES string of the molecule is COc1ccc(CN2CC(N3CCOCC3)C2)cc1Cn1cccn1. The normalized spacial score (nSPS) is 19.7. The predicted octanol–water partition coefficient (Wildman–Crippen LogP) is 1.46. The lowest BCUT2D eigenvalue weighted by molar-refractivity contribution is -0.0344. The fraction of sp³-hybridized carbons (Fsp3) is 0.526. The number of ether oxygens (including phenoxy) is 2. The lowest BCUT2D eigenvalue weighted by atomic mass is 10.0. The van der Waals surface area contributed by atoms with E-state index in [1.165, 1.54) is 11.1 Å². The third-order valence-electron chi connectivity index (χ3n) is 5.14. The smallest absolute Gasteiger partial charge is 0.123 e. The molecule has 0 saturated carbocycles. The summed E-state index contributed by atoms with van der Waals surface area (Å²) in [4.78, 5) is 5.08. The van der Waals surface area contributed by atoms with E-state index >= 15 is 0 Å². The molecule has 1 aromatic carbocycles. The fourth-order valence-corrected chi connectivity index (χ4v) is 3.73. The molecule has 6 nitrogen and oxygen atoms in total. The molecular weight excluding hydrogens is 316 g/mol. The summed E-state index contributed by atoms with van der Waals surface area (Å²) in [5.74, 6) is 0.925. The van der Waals surface area contributed by atoms with Gasteiger partial charge in [0.05, 0.1) is 26.9 Å². The van der Waals surface area contributed by atoms with Crippen LogP contribution in [0.1, 0.15) is 11.1 Å². The average Bonchev–Trinajstić information content (AvgIpc) is 3.12. The van der Waals surface area contributed by atoms with Crippen LogP contribution in [0.5, 0.6) is 5.75 Å². The molecule has 2 aliphatic rings. The summed E-state index contributed by atoms with van der Waals surface area (Å²) in [6, 6.07) is 9.15. The largest absolute Gasteiger partial charge is 0.496 e. The molecule has 2 aliphatic heterocycles. The molecule has 2 saturated heterocycles. The van der Waals surface area contributed by atoms with E-state index in [1.807, 2.05) is 23.1 Å². The van der Waals surface area contributed by atoms with Gasteiger partial charge in [-0.15, -0.1) is 0 Å².